The van der Waals surface area contributed by atoms with Crippen LogP contribution in [0.25, 0.3) is 0 Å². The van der Waals surface area contributed by atoms with Crippen LogP contribution in [0.2, 0.25) is 0 Å². The van der Waals surface area contributed by atoms with E-state index in [2.05, 4.69) is 9.47 Å². The molecule has 0 aliphatic heterocycles. The first-order valence-electron chi connectivity index (χ1n) is 6.88. The summed E-state index contributed by atoms with van der Waals surface area (Å²) in [5.41, 5.74) is 15.2. The number of nitrogen functional groups attached to an aromatic ring is 3. The maximum atomic E-state index is 11.8. The van der Waals surface area contributed by atoms with E-state index < -0.39 is 29.1 Å². The Morgan fingerprint density at radius 2 is 1.18 bits per heavy atom. The monoisotopic (exact) mass is 414 g/mol. The number of nitro benzene ring substituents is 1. The third-order valence-electron chi connectivity index (χ3n) is 2.72. The molecule has 2 aromatic rings. The molecule has 0 fully saturated rings. The van der Waals surface area contributed by atoms with E-state index in [-0.39, 0.29) is 22.8 Å². The highest BCUT2D eigenvalue weighted by molar-refractivity contribution is 5.65. The molecule has 28 heavy (non-hydrogen) atoms. The fourth-order valence-electron chi connectivity index (χ4n) is 1.63. The molecule has 8 nitrogen and oxygen atoms in total. The SMILES string of the molecule is Nc1ccc(OC(F)(F)F)cc1N.Nc1ccc(OC(F)(F)F)cc1[N+](=O)[O-]. The largest absolute Gasteiger partial charge is 0.573 e. The Morgan fingerprint density at radius 3 is 1.57 bits per heavy atom. The quantitative estimate of drug-likeness (QED) is 0.300. The Hall–Kier alpha value is -3.58. The Kier molecular flexibility index (Phi) is 6.74. The summed E-state index contributed by atoms with van der Waals surface area (Å²) < 4.78 is 77.4. The number of rotatable bonds is 3. The van der Waals surface area contributed by atoms with E-state index in [9.17, 15) is 36.5 Å². The van der Waals surface area contributed by atoms with Gasteiger partial charge in [0.25, 0.3) is 5.69 Å². The van der Waals surface area contributed by atoms with Crippen LogP contribution in [0, 0.1) is 10.1 Å². The third kappa shape index (κ3) is 7.76. The van der Waals surface area contributed by atoms with Crippen molar-refractivity contribution in [1.29, 1.82) is 0 Å². The lowest BCUT2D eigenvalue weighted by Gasteiger charge is -2.09. The van der Waals surface area contributed by atoms with E-state index in [1.807, 2.05) is 0 Å². The van der Waals surface area contributed by atoms with Gasteiger partial charge in [0.15, 0.2) is 0 Å². The third-order valence-corrected chi connectivity index (χ3v) is 2.72. The minimum absolute atomic E-state index is 0.0572. The molecule has 0 radical (unpaired) electrons. The number of ether oxygens (including phenoxy) is 2. The highest BCUT2D eigenvalue weighted by Crippen LogP contribution is 2.30. The summed E-state index contributed by atoms with van der Waals surface area (Å²) >= 11 is 0. The first-order chi connectivity index (χ1) is 12.7. The molecule has 2 rings (SSSR count). The van der Waals surface area contributed by atoms with Crippen molar-refractivity contribution in [2.45, 2.75) is 12.7 Å². The van der Waals surface area contributed by atoms with E-state index in [0.29, 0.717) is 6.07 Å². The highest BCUT2D eigenvalue weighted by atomic mass is 19.4. The summed E-state index contributed by atoms with van der Waals surface area (Å²) in [5, 5.41) is 10.3. The summed E-state index contributed by atoms with van der Waals surface area (Å²) in [4.78, 5) is 9.44. The maximum absolute atomic E-state index is 11.8. The average molecular weight is 414 g/mol. The van der Waals surface area contributed by atoms with E-state index >= 15 is 0 Å². The molecule has 0 aliphatic rings. The molecule has 0 unspecified atom stereocenters. The van der Waals surface area contributed by atoms with Gasteiger partial charge in [0, 0.05) is 6.07 Å². The van der Waals surface area contributed by atoms with Gasteiger partial charge in [-0.05, 0) is 24.3 Å². The van der Waals surface area contributed by atoms with Crippen molar-refractivity contribution in [3.63, 3.8) is 0 Å². The molecule has 0 heterocycles. The van der Waals surface area contributed by atoms with Gasteiger partial charge in [0.2, 0.25) is 0 Å². The molecule has 6 N–H and O–H groups in total. The van der Waals surface area contributed by atoms with Crippen molar-refractivity contribution in [3.05, 3.63) is 46.5 Å². The van der Waals surface area contributed by atoms with Crippen molar-refractivity contribution >= 4 is 22.7 Å². The smallest absolute Gasteiger partial charge is 0.406 e. The van der Waals surface area contributed by atoms with E-state index in [1.54, 1.807) is 0 Å². The van der Waals surface area contributed by atoms with Crippen LogP contribution in [0.15, 0.2) is 36.4 Å². The van der Waals surface area contributed by atoms with Gasteiger partial charge in [-0.3, -0.25) is 10.1 Å². The molecule has 0 aliphatic carbocycles. The average Bonchev–Trinajstić information content (AvgIpc) is 2.50. The van der Waals surface area contributed by atoms with E-state index in [4.69, 9.17) is 17.2 Å². The number of halogens is 6. The minimum atomic E-state index is -4.88. The lowest BCUT2D eigenvalue weighted by molar-refractivity contribution is -0.384. The van der Waals surface area contributed by atoms with Gasteiger partial charge in [-0.15, -0.1) is 26.3 Å². The maximum Gasteiger partial charge on any atom is 0.573 e. The molecule has 0 amide bonds. The van der Waals surface area contributed by atoms with Crippen LogP contribution >= 0.6 is 0 Å². The second kappa shape index (κ2) is 8.41. The summed E-state index contributed by atoms with van der Waals surface area (Å²) in [5.74, 6) is -1.05. The number of benzene rings is 2. The van der Waals surface area contributed by atoms with Gasteiger partial charge in [-0.2, -0.15) is 0 Å². The molecule has 0 atom stereocenters. The molecular weight excluding hydrogens is 402 g/mol. The van der Waals surface area contributed by atoms with E-state index in [0.717, 1.165) is 24.3 Å². The van der Waals surface area contributed by atoms with Crippen LogP contribution in [0.1, 0.15) is 0 Å². The molecule has 0 aromatic heterocycles. The first kappa shape index (κ1) is 22.5. The number of nitrogens with two attached hydrogens (primary N) is 3. The number of anilines is 3. The normalized spacial score (nSPS) is 11.2. The zero-order chi connectivity index (χ0) is 21.7. The van der Waals surface area contributed by atoms with Gasteiger partial charge in [0.1, 0.15) is 17.2 Å². The summed E-state index contributed by atoms with van der Waals surface area (Å²) in [6, 6.07) is 5.84. The van der Waals surface area contributed by atoms with Crippen molar-refractivity contribution in [2.75, 3.05) is 17.2 Å². The molecule has 154 valence electrons. The number of nitrogens with zero attached hydrogens (tertiary/aromatic N) is 1. The summed E-state index contributed by atoms with van der Waals surface area (Å²) in [7, 11) is 0. The second-order valence-electron chi connectivity index (χ2n) is 4.86. The van der Waals surface area contributed by atoms with Crippen molar-refractivity contribution in [3.8, 4) is 11.5 Å². The van der Waals surface area contributed by atoms with Crippen LogP contribution in [-0.2, 0) is 0 Å². The highest BCUT2D eigenvalue weighted by Gasteiger charge is 2.32. The number of hydrogen-bond donors (Lipinski definition) is 3. The number of nitro groups is 1. The van der Waals surface area contributed by atoms with Crippen LogP contribution in [0.3, 0.4) is 0 Å². The molecule has 0 bridgehead atoms. The fraction of sp³-hybridized carbons (Fsp3) is 0.143. The molecule has 14 heteroatoms. The zero-order valence-electron chi connectivity index (χ0n) is 13.5. The fourth-order valence-corrected chi connectivity index (χ4v) is 1.63. The van der Waals surface area contributed by atoms with Crippen LogP contribution < -0.4 is 26.7 Å². The first-order valence-corrected chi connectivity index (χ1v) is 6.88. The Bertz CT molecular complexity index is 842. The van der Waals surface area contributed by atoms with Crippen molar-refractivity contribution in [1.82, 2.24) is 0 Å². The van der Waals surface area contributed by atoms with Gasteiger partial charge in [-0.25, -0.2) is 0 Å². The van der Waals surface area contributed by atoms with Crippen molar-refractivity contribution in [2.24, 2.45) is 0 Å². The zero-order valence-corrected chi connectivity index (χ0v) is 13.5. The Morgan fingerprint density at radius 1 is 0.750 bits per heavy atom. The van der Waals surface area contributed by atoms with E-state index in [1.165, 1.54) is 6.07 Å². The minimum Gasteiger partial charge on any atom is -0.406 e. The number of hydrogen-bond acceptors (Lipinski definition) is 7. The van der Waals surface area contributed by atoms with Gasteiger partial charge in [-0.1, -0.05) is 0 Å². The van der Waals surface area contributed by atoms with Crippen LogP contribution in [-0.4, -0.2) is 17.6 Å². The van der Waals surface area contributed by atoms with Gasteiger partial charge < -0.3 is 26.7 Å². The molecule has 0 saturated carbocycles. The lowest BCUT2D eigenvalue weighted by atomic mass is 10.2. The summed E-state index contributed by atoms with van der Waals surface area (Å²) in [6.07, 6.45) is -9.59. The van der Waals surface area contributed by atoms with Crippen LogP contribution in [0.5, 0.6) is 11.5 Å². The Labute approximate surface area is 152 Å². The second-order valence-corrected chi connectivity index (χ2v) is 4.86. The number of alkyl halides is 6. The Balaban J connectivity index is 0.000000283. The predicted octanol–water partition coefficient (Wildman–Crippen LogP) is 3.83. The molecular formula is C14H12F6N4O4. The van der Waals surface area contributed by atoms with Crippen LogP contribution in [0.4, 0.5) is 49.1 Å². The standard InChI is InChI=1S/C7H5F3N2O3.C7H7F3N2O/c8-7(9,10)15-4-1-2-5(11)6(3-4)12(13)14;8-7(9,10)13-4-1-2-5(11)6(12)3-4/h1-3H,11H2;1-3H,11-12H2. The molecule has 0 spiro atoms. The lowest BCUT2D eigenvalue weighted by Crippen LogP contribution is -2.17. The topological polar surface area (TPSA) is 140 Å². The predicted molar refractivity (Wildman–Crippen MR) is 86.1 cm³/mol. The molecule has 0 saturated heterocycles. The van der Waals surface area contributed by atoms with Gasteiger partial charge >= 0.3 is 12.7 Å². The van der Waals surface area contributed by atoms with Gasteiger partial charge in [0.05, 0.1) is 22.4 Å². The summed E-state index contributed by atoms with van der Waals surface area (Å²) in [6.45, 7) is 0. The molecule has 2 aromatic carbocycles. The van der Waals surface area contributed by atoms with Crippen molar-refractivity contribution < 1.29 is 40.7 Å².